The summed E-state index contributed by atoms with van der Waals surface area (Å²) in [5.74, 6) is 0.735. The van der Waals surface area contributed by atoms with Crippen LogP contribution >= 0.6 is 0 Å². The number of nitrogens with zero attached hydrogens (tertiary/aromatic N) is 1. The highest BCUT2D eigenvalue weighted by atomic mass is 16.6. The predicted molar refractivity (Wildman–Crippen MR) is 225 cm³/mol. The van der Waals surface area contributed by atoms with Crippen molar-refractivity contribution in [2.24, 2.45) is 5.92 Å². The molecule has 0 saturated heterocycles. The van der Waals surface area contributed by atoms with Gasteiger partial charge >= 0.3 is 11.9 Å². The first kappa shape index (κ1) is 41.4. The molecule has 0 heterocycles. The number of allylic oxidation sites excluding steroid dienone is 12. The standard InChI is InChI=1S/C48H51NO6/c1-7-12-36(4)13-10-14-38(6)49(42-24-17-37(5)18-25-42)43-26-19-39(20-27-43)35-46(41-22-29-45(30-23-41)53-32-34-55-48(51)9-3)40-15-11-16-44(28-21-40)52-31-33-54-47(50)8-2/h7-10,12-30,35-36H,2-3,11,31-34H2,1,4-6H3/b12-7-,13-10?,38-14+,46-35?. The molecular formula is C48H51NO6. The molecule has 0 fully saturated rings. The molecule has 55 heavy (non-hydrogen) atoms. The Labute approximate surface area is 326 Å². The van der Waals surface area contributed by atoms with Gasteiger partial charge < -0.3 is 23.8 Å². The Kier molecular flexibility index (Phi) is 16.6. The summed E-state index contributed by atoms with van der Waals surface area (Å²) in [6, 6.07) is 25.0. The number of carbonyl (C=O) groups excluding carboxylic acids is 2. The number of benzene rings is 3. The molecule has 0 spiro atoms. The minimum absolute atomic E-state index is 0.128. The molecule has 1 atom stereocenters. The second-order valence-corrected chi connectivity index (χ2v) is 12.7. The predicted octanol–water partition coefficient (Wildman–Crippen LogP) is 11.0. The molecule has 1 aliphatic carbocycles. The zero-order valence-electron chi connectivity index (χ0n) is 32.3. The summed E-state index contributed by atoms with van der Waals surface area (Å²) >= 11 is 0. The van der Waals surface area contributed by atoms with Gasteiger partial charge in [0.2, 0.25) is 0 Å². The molecule has 7 heteroatoms. The van der Waals surface area contributed by atoms with Crippen molar-refractivity contribution in [2.75, 3.05) is 31.3 Å². The van der Waals surface area contributed by atoms with Crippen LogP contribution in [0.4, 0.5) is 11.4 Å². The molecule has 3 aromatic rings. The smallest absolute Gasteiger partial charge is 0.330 e. The molecule has 0 amide bonds. The highest BCUT2D eigenvalue weighted by Gasteiger charge is 2.13. The van der Waals surface area contributed by atoms with Crippen LogP contribution in [0.2, 0.25) is 0 Å². The molecule has 1 aliphatic rings. The minimum atomic E-state index is -0.484. The third-order valence-electron chi connectivity index (χ3n) is 8.44. The molecule has 0 bridgehead atoms. The van der Waals surface area contributed by atoms with Crippen molar-refractivity contribution in [3.05, 3.63) is 187 Å². The summed E-state index contributed by atoms with van der Waals surface area (Å²) < 4.78 is 21.8. The molecule has 0 radical (unpaired) electrons. The van der Waals surface area contributed by atoms with E-state index in [9.17, 15) is 9.59 Å². The number of hydrogen-bond donors (Lipinski definition) is 0. The normalized spacial score (nSPS) is 13.7. The Morgan fingerprint density at radius 3 is 2.02 bits per heavy atom. The summed E-state index contributed by atoms with van der Waals surface area (Å²) in [7, 11) is 0. The molecule has 3 aromatic carbocycles. The van der Waals surface area contributed by atoms with Crippen molar-refractivity contribution in [1.82, 2.24) is 0 Å². The Morgan fingerprint density at radius 2 is 1.40 bits per heavy atom. The highest BCUT2D eigenvalue weighted by molar-refractivity contribution is 5.93. The van der Waals surface area contributed by atoms with Crippen molar-refractivity contribution in [1.29, 1.82) is 0 Å². The van der Waals surface area contributed by atoms with Gasteiger partial charge in [-0.1, -0.05) is 98.5 Å². The Balaban J connectivity index is 1.63. The lowest BCUT2D eigenvalue weighted by Crippen LogP contribution is -2.14. The van der Waals surface area contributed by atoms with Gasteiger partial charge in [0.25, 0.3) is 0 Å². The van der Waals surface area contributed by atoms with E-state index in [-0.39, 0.29) is 26.4 Å². The van der Waals surface area contributed by atoms with Crippen molar-refractivity contribution in [3.8, 4) is 5.75 Å². The fourth-order valence-corrected chi connectivity index (χ4v) is 5.65. The van der Waals surface area contributed by atoms with E-state index in [1.165, 1.54) is 5.56 Å². The van der Waals surface area contributed by atoms with Crippen molar-refractivity contribution >= 4 is 35.0 Å². The van der Waals surface area contributed by atoms with Crippen LogP contribution in [0.5, 0.6) is 5.75 Å². The van der Waals surface area contributed by atoms with Gasteiger partial charge in [-0.2, -0.15) is 0 Å². The van der Waals surface area contributed by atoms with E-state index in [4.69, 9.17) is 18.9 Å². The van der Waals surface area contributed by atoms with Crippen LogP contribution in [0, 0.1) is 12.8 Å². The summed E-state index contributed by atoms with van der Waals surface area (Å²) in [4.78, 5) is 25.0. The molecule has 4 rings (SSSR count). The molecule has 0 saturated carbocycles. The number of hydrogen-bond acceptors (Lipinski definition) is 7. The van der Waals surface area contributed by atoms with E-state index < -0.39 is 11.9 Å². The number of carbonyl (C=O) groups is 2. The number of aryl methyl sites for hydroxylation is 1. The van der Waals surface area contributed by atoms with E-state index >= 15 is 0 Å². The maximum absolute atomic E-state index is 11.4. The van der Waals surface area contributed by atoms with Crippen LogP contribution in [-0.4, -0.2) is 38.4 Å². The van der Waals surface area contributed by atoms with Gasteiger partial charge in [-0.05, 0) is 116 Å². The Bertz CT molecular complexity index is 1970. The molecule has 1 unspecified atom stereocenters. The quantitative estimate of drug-likeness (QED) is 0.0303. The van der Waals surface area contributed by atoms with Crippen molar-refractivity contribution < 1.29 is 28.5 Å². The van der Waals surface area contributed by atoms with Crippen LogP contribution in [0.15, 0.2) is 170 Å². The van der Waals surface area contributed by atoms with Crippen LogP contribution < -0.4 is 9.64 Å². The summed E-state index contributed by atoms with van der Waals surface area (Å²) in [6.07, 6.45) is 23.9. The first-order valence-electron chi connectivity index (χ1n) is 18.4. The monoisotopic (exact) mass is 737 g/mol. The van der Waals surface area contributed by atoms with Gasteiger partial charge in [0.15, 0.2) is 0 Å². The summed E-state index contributed by atoms with van der Waals surface area (Å²) in [6.45, 7) is 16.0. The first-order valence-corrected chi connectivity index (χ1v) is 18.4. The fraction of sp³-hybridized carbons (Fsp3) is 0.208. The average Bonchev–Trinajstić information content (AvgIpc) is 3.44. The summed E-state index contributed by atoms with van der Waals surface area (Å²) in [5, 5.41) is 0. The van der Waals surface area contributed by atoms with Gasteiger partial charge in [0.1, 0.15) is 37.9 Å². The number of ether oxygens (including phenoxy) is 4. The summed E-state index contributed by atoms with van der Waals surface area (Å²) in [5.41, 5.74) is 8.47. The lowest BCUT2D eigenvalue weighted by Gasteiger charge is -2.26. The van der Waals surface area contributed by atoms with Gasteiger partial charge in [0.05, 0.1) is 0 Å². The zero-order chi connectivity index (χ0) is 39.4. The first-order chi connectivity index (χ1) is 26.7. The molecule has 7 nitrogen and oxygen atoms in total. The third-order valence-corrected chi connectivity index (χ3v) is 8.44. The molecule has 0 aromatic heterocycles. The topological polar surface area (TPSA) is 74.3 Å². The lowest BCUT2D eigenvalue weighted by molar-refractivity contribution is -0.139. The van der Waals surface area contributed by atoms with Crippen molar-refractivity contribution in [2.45, 2.75) is 34.1 Å². The number of anilines is 2. The molecular weight excluding hydrogens is 687 g/mol. The Morgan fingerprint density at radius 1 is 0.782 bits per heavy atom. The Hall–Kier alpha value is -6.34. The zero-order valence-corrected chi connectivity index (χ0v) is 32.3. The van der Waals surface area contributed by atoms with E-state index in [1.807, 2.05) is 49.4 Å². The second kappa shape index (κ2) is 22.0. The fourth-order valence-electron chi connectivity index (χ4n) is 5.65. The van der Waals surface area contributed by atoms with Gasteiger partial charge in [-0.25, -0.2) is 9.59 Å². The largest absolute Gasteiger partial charge is 0.490 e. The van der Waals surface area contributed by atoms with Crippen molar-refractivity contribution in [3.63, 3.8) is 0 Å². The SMILES string of the molecule is C=CC(=O)OCCOC1=CCC=C(C(=Cc2ccc(N(/C(C)=C/C=CC(C)/C=C\C)c3ccc(C)cc3)cc2)c2ccc(OCCOC(=O)C=C)cc2)C=C1. The maximum atomic E-state index is 11.4. The van der Waals surface area contributed by atoms with E-state index in [0.29, 0.717) is 23.8 Å². The second-order valence-electron chi connectivity index (χ2n) is 12.7. The van der Waals surface area contributed by atoms with Crippen LogP contribution in [0.1, 0.15) is 43.9 Å². The highest BCUT2D eigenvalue weighted by Crippen LogP contribution is 2.33. The lowest BCUT2D eigenvalue weighted by atomic mass is 9.94. The van der Waals surface area contributed by atoms with Crippen LogP contribution in [0.25, 0.3) is 11.6 Å². The molecule has 0 N–H and O–H groups in total. The molecule has 0 aliphatic heterocycles. The molecule has 284 valence electrons. The van der Waals surface area contributed by atoms with Gasteiger partial charge in [0, 0.05) is 29.2 Å². The van der Waals surface area contributed by atoms with Crippen LogP contribution in [-0.2, 0) is 23.8 Å². The maximum Gasteiger partial charge on any atom is 0.330 e. The third kappa shape index (κ3) is 13.5. The average molecular weight is 738 g/mol. The van der Waals surface area contributed by atoms with Gasteiger partial charge in [-0.3, -0.25) is 0 Å². The minimum Gasteiger partial charge on any atom is -0.490 e. The van der Waals surface area contributed by atoms with E-state index in [0.717, 1.165) is 51.5 Å². The number of esters is 2. The van der Waals surface area contributed by atoms with Crippen LogP contribution in [0.3, 0.4) is 0 Å². The van der Waals surface area contributed by atoms with E-state index in [1.54, 1.807) is 0 Å². The van der Waals surface area contributed by atoms with Gasteiger partial charge in [-0.15, -0.1) is 0 Å². The van der Waals surface area contributed by atoms with E-state index in [2.05, 4.69) is 130 Å². The number of rotatable bonds is 19.